The lowest BCUT2D eigenvalue weighted by molar-refractivity contribution is 0.122. The van der Waals surface area contributed by atoms with Crippen LogP contribution in [0.1, 0.15) is 18.4 Å². The van der Waals surface area contributed by atoms with Crippen LogP contribution in [-0.2, 0) is 4.74 Å². The second kappa shape index (κ2) is 8.40. The summed E-state index contributed by atoms with van der Waals surface area (Å²) in [6, 6.07) is 8.57. The molecule has 1 unspecified atom stereocenters. The van der Waals surface area contributed by atoms with E-state index in [-0.39, 0.29) is 11.9 Å². The average Bonchev–Trinajstić information content (AvgIpc) is 2.74. The Balaban J connectivity index is 1.45. The van der Waals surface area contributed by atoms with Gasteiger partial charge in [-0.3, -0.25) is 0 Å². The predicted molar refractivity (Wildman–Crippen MR) is 105 cm³/mol. The van der Waals surface area contributed by atoms with Gasteiger partial charge in [0.05, 0.1) is 24.5 Å². The summed E-state index contributed by atoms with van der Waals surface area (Å²) in [5, 5.41) is 12.8. The second-order valence-corrected chi connectivity index (χ2v) is 7.04. The van der Waals surface area contributed by atoms with Crippen LogP contribution in [0.4, 0.5) is 21.8 Å². The molecule has 28 heavy (non-hydrogen) atoms. The van der Waals surface area contributed by atoms with E-state index in [0.717, 1.165) is 50.5 Å². The molecule has 8 heteroatoms. The van der Waals surface area contributed by atoms with Gasteiger partial charge in [0, 0.05) is 38.4 Å². The molecule has 146 valence electrons. The Kier molecular flexibility index (Phi) is 5.53. The zero-order chi connectivity index (χ0) is 19.3. The number of hydrogen-bond acceptors (Lipinski definition) is 7. The van der Waals surface area contributed by atoms with Gasteiger partial charge in [-0.25, -0.2) is 9.37 Å². The third-order valence-corrected chi connectivity index (χ3v) is 5.13. The first-order valence-electron chi connectivity index (χ1n) is 9.60. The SMILES string of the molecule is N#Cc1cc(F)ccc1N1CCCC(Nc2ccnc(N3CCOCC3)n2)C1. The van der Waals surface area contributed by atoms with Gasteiger partial charge in [0.25, 0.3) is 0 Å². The van der Waals surface area contributed by atoms with Gasteiger partial charge >= 0.3 is 0 Å². The lowest BCUT2D eigenvalue weighted by Gasteiger charge is -2.35. The summed E-state index contributed by atoms with van der Waals surface area (Å²) in [6.45, 7) is 4.55. The number of nitrogens with one attached hydrogen (secondary N) is 1. The number of ether oxygens (including phenoxy) is 1. The van der Waals surface area contributed by atoms with Crippen molar-refractivity contribution in [2.24, 2.45) is 0 Å². The minimum atomic E-state index is -0.386. The van der Waals surface area contributed by atoms with Crippen molar-refractivity contribution in [2.75, 3.05) is 54.5 Å². The van der Waals surface area contributed by atoms with Gasteiger partial charge < -0.3 is 19.9 Å². The highest BCUT2D eigenvalue weighted by Crippen LogP contribution is 2.26. The summed E-state index contributed by atoms with van der Waals surface area (Å²) in [5.74, 6) is 1.12. The normalized spacial score (nSPS) is 19.9. The molecule has 0 radical (unpaired) electrons. The largest absolute Gasteiger partial charge is 0.378 e. The maximum atomic E-state index is 13.4. The van der Waals surface area contributed by atoms with Gasteiger partial charge in [0.1, 0.15) is 17.7 Å². The highest BCUT2D eigenvalue weighted by Gasteiger charge is 2.23. The van der Waals surface area contributed by atoms with Gasteiger partial charge in [-0.15, -0.1) is 0 Å². The van der Waals surface area contributed by atoms with E-state index in [1.807, 2.05) is 6.07 Å². The number of nitrogens with zero attached hydrogens (tertiary/aromatic N) is 5. The maximum absolute atomic E-state index is 13.4. The van der Waals surface area contributed by atoms with Crippen molar-refractivity contribution < 1.29 is 9.13 Å². The lowest BCUT2D eigenvalue weighted by Crippen LogP contribution is -2.42. The number of anilines is 3. The van der Waals surface area contributed by atoms with Gasteiger partial charge in [-0.1, -0.05) is 0 Å². The van der Waals surface area contributed by atoms with Crippen LogP contribution in [0.25, 0.3) is 0 Å². The van der Waals surface area contributed by atoms with Crippen molar-refractivity contribution in [3.63, 3.8) is 0 Å². The topological polar surface area (TPSA) is 77.3 Å². The van der Waals surface area contributed by atoms with E-state index in [2.05, 4.69) is 31.2 Å². The quantitative estimate of drug-likeness (QED) is 0.870. The Labute approximate surface area is 163 Å². The standard InChI is InChI=1S/C20H23FN6O/c21-16-3-4-18(15(12-16)13-22)27-7-1-2-17(14-27)24-19-5-6-23-20(25-19)26-8-10-28-11-9-26/h3-6,12,17H,1-2,7-11,14H2,(H,23,24,25). The Morgan fingerprint density at radius 2 is 2.04 bits per heavy atom. The lowest BCUT2D eigenvalue weighted by atomic mass is 10.0. The molecule has 0 spiro atoms. The maximum Gasteiger partial charge on any atom is 0.227 e. The molecule has 1 atom stereocenters. The molecule has 4 rings (SSSR count). The summed E-state index contributed by atoms with van der Waals surface area (Å²) >= 11 is 0. The van der Waals surface area contributed by atoms with Crippen LogP contribution in [0, 0.1) is 17.1 Å². The first-order chi connectivity index (χ1) is 13.7. The van der Waals surface area contributed by atoms with Gasteiger partial charge in [-0.2, -0.15) is 10.2 Å². The van der Waals surface area contributed by atoms with E-state index >= 15 is 0 Å². The van der Waals surface area contributed by atoms with Crippen molar-refractivity contribution in [3.05, 3.63) is 41.8 Å². The van der Waals surface area contributed by atoms with Crippen molar-refractivity contribution in [2.45, 2.75) is 18.9 Å². The minimum Gasteiger partial charge on any atom is -0.378 e. The molecule has 0 bridgehead atoms. The summed E-state index contributed by atoms with van der Waals surface area (Å²) in [5.41, 5.74) is 1.16. The first-order valence-corrected chi connectivity index (χ1v) is 9.60. The van der Waals surface area contributed by atoms with E-state index in [1.54, 1.807) is 12.3 Å². The fourth-order valence-corrected chi connectivity index (χ4v) is 3.74. The van der Waals surface area contributed by atoms with Gasteiger partial charge in [0.15, 0.2) is 0 Å². The number of hydrogen-bond donors (Lipinski definition) is 1. The zero-order valence-corrected chi connectivity index (χ0v) is 15.6. The smallest absolute Gasteiger partial charge is 0.227 e. The number of halogens is 1. The molecule has 0 aliphatic carbocycles. The number of aromatic nitrogens is 2. The van der Waals surface area contributed by atoms with E-state index in [1.165, 1.54) is 12.1 Å². The first kappa shape index (κ1) is 18.4. The number of morpholine rings is 1. The second-order valence-electron chi connectivity index (χ2n) is 7.04. The van der Waals surface area contributed by atoms with Crippen LogP contribution in [0.3, 0.4) is 0 Å². The number of piperidine rings is 1. The molecular weight excluding hydrogens is 359 g/mol. The molecule has 2 aromatic rings. The van der Waals surface area contributed by atoms with Crippen LogP contribution >= 0.6 is 0 Å². The molecule has 3 heterocycles. The summed E-state index contributed by atoms with van der Waals surface area (Å²) in [6.07, 6.45) is 3.77. The van der Waals surface area contributed by atoms with Crippen LogP contribution in [0.2, 0.25) is 0 Å². The fourth-order valence-electron chi connectivity index (χ4n) is 3.74. The Morgan fingerprint density at radius 1 is 1.18 bits per heavy atom. The summed E-state index contributed by atoms with van der Waals surface area (Å²) in [7, 11) is 0. The predicted octanol–water partition coefficient (Wildman–Crippen LogP) is 2.40. The summed E-state index contributed by atoms with van der Waals surface area (Å²) < 4.78 is 18.8. The Morgan fingerprint density at radius 3 is 2.86 bits per heavy atom. The molecule has 2 aliphatic heterocycles. The molecule has 0 amide bonds. The molecule has 1 aromatic carbocycles. The monoisotopic (exact) mass is 382 g/mol. The zero-order valence-electron chi connectivity index (χ0n) is 15.6. The van der Waals surface area contributed by atoms with E-state index < -0.39 is 0 Å². The van der Waals surface area contributed by atoms with Gasteiger partial charge in [0.2, 0.25) is 5.95 Å². The van der Waals surface area contributed by atoms with Crippen LogP contribution < -0.4 is 15.1 Å². The van der Waals surface area contributed by atoms with Crippen molar-refractivity contribution in [3.8, 4) is 6.07 Å². The molecular formula is C20H23FN6O. The van der Waals surface area contributed by atoms with E-state index in [4.69, 9.17) is 4.74 Å². The van der Waals surface area contributed by atoms with Crippen LogP contribution in [-0.4, -0.2) is 55.4 Å². The highest BCUT2D eigenvalue weighted by molar-refractivity contribution is 5.60. The van der Waals surface area contributed by atoms with E-state index in [0.29, 0.717) is 24.7 Å². The van der Waals surface area contributed by atoms with Crippen LogP contribution in [0.15, 0.2) is 30.5 Å². The molecule has 2 aliphatic rings. The Hall–Kier alpha value is -2.92. The van der Waals surface area contributed by atoms with Crippen LogP contribution in [0.5, 0.6) is 0 Å². The number of benzene rings is 1. The summed E-state index contributed by atoms with van der Waals surface area (Å²) in [4.78, 5) is 13.3. The van der Waals surface area contributed by atoms with Gasteiger partial charge in [-0.05, 0) is 37.1 Å². The Bertz CT molecular complexity index is 864. The molecule has 0 saturated carbocycles. The average molecular weight is 382 g/mol. The number of rotatable bonds is 4. The third kappa shape index (κ3) is 4.15. The molecule has 2 fully saturated rings. The molecule has 1 N–H and O–H groups in total. The third-order valence-electron chi connectivity index (χ3n) is 5.13. The number of nitriles is 1. The molecule has 1 aromatic heterocycles. The highest BCUT2D eigenvalue weighted by atomic mass is 19.1. The molecule has 7 nitrogen and oxygen atoms in total. The van der Waals surface area contributed by atoms with Crippen molar-refractivity contribution in [1.82, 2.24) is 9.97 Å². The van der Waals surface area contributed by atoms with Crippen molar-refractivity contribution >= 4 is 17.5 Å². The van der Waals surface area contributed by atoms with E-state index in [9.17, 15) is 9.65 Å². The van der Waals surface area contributed by atoms with Crippen molar-refractivity contribution in [1.29, 1.82) is 5.26 Å². The minimum absolute atomic E-state index is 0.192. The molecule has 2 saturated heterocycles. The fraction of sp³-hybridized carbons (Fsp3) is 0.450.